The van der Waals surface area contributed by atoms with Crippen LogP contribution in [0.4, 0.5) is 5.82 Å². The van der Waals surface area contributed by atoms with Gasteiger partial charge in [0.25, 0.3) is 0 Å². The van der Waals surface area contributed by atoms with E-state index in [-0.39, 0.29) is 18.3 Å². The van der Waals surface area contributed by atoms with E-state index in [2.05, 4.69) is 10.3 Å². The maximum absolute atomic E-state index is 11.2. The van der Waals surface area contributed by atoms with Crippen LogP contribution in [0.1, 0.15) is 6.92 Å². The van der Waals surface area contributed by atoms with Gasteiger partial charge in [-0.2, -0.15) is 0 Å². The molecule has 1 amide bonds. The van der Waals surface area contributed by atoms with Crippen LogP contribution >= 0.6 is 12.4 Å². The minimum atomic E-state index is -0.543. The Morgan fingerprint density at radius 3 is 2.67 bits per heavy atom. The standard InChI is InChI=1S/C9H13N3O2.ClH/c1-6(10)9(13)12-8-4-3-7(14-2)5-11-8;/h3-6H,10H2,1-2H3,(H,11,12,13);1H. The van der Waals surface area contributed by atoms with Gasteiger partial charge in [0.1, 0.15) is 11.6 Å². The van der Waals surface area contributed by atoms with Gasteiger partial charge in [0, 0.05) is 0 Å². The molecular weight excluding hydrogens is 218 g/mol. The van der Waals surface area contributed by atoms with Gasteiger partial charge in [0.2, 0.25) is 5.91 Å². The van der Waals surface area contributed by atoms with Crippen LogP contribution in [0.15, 0.2) is 18.3 Å². The molecule has 0 aliphatic rings. The van der Waals surface area contributed by atoms with Crippen molar-refractivity contribution in [1.82, 2.24) is 4.98 Å². The van der Waals surface area contributed by atoms with E-state index in [1.807, 2.05) is 0 Å². The van der Waals surface area contributed by atoms with Crippen molar-refractivity contribution in [3.8, 4) is 5.75 Å². The molecule has 0 saturated heterocycles. The Balaban J connectivity index is 0.00000196. The molecule has 1 heterocycles. The van der Waals surface area contributed by atoms with E-state index in [0.717, 1.165) is 0 Å². The van der Waals surface area contributed by atoms with Crippen molar-refractivity contribution >= 4 is 24.1 Å². The molecule has 0 fully saturated rings. The molecule has 6 heteroatoms. The number of hydrogen-bond donors (Lipinski definition) is 2. The van der Waals surface area contributed by atoms with Gasteiger partial charge in [-0.1, -0.05) is 0 Å². The Morgan fingerprint density at radius 2 is 2.27 bits per heavy atom. The van der Waals surface area contributed by atoms with Crippen LogP contribution in [0, 0.1) is 0 Å². The van der Waals surface area contributed by atoms with Crippen molar-refractivity contribution in [1.29, 1.82) is 0 Å². The van der Waals surface area contributed by atoms with Crippen LogP contribution in [0.2, 0.25) is 0 Å². The highest BCUT2D eigenvalue weighted by Gasteiger charge is 2.07. The van der Waals surface area contributed by atoms with Gasteiger partial charge in [-0.05, 0) is 19.1 Å². The summed E-state index contributed by atoms with van der Waals surface area (Å²) in [7, 11) is 1.55. The van der Waals surface area contributed by atoms with E-state index in [9.17, 15) is 4.79 Å². The SMILES string of the molecule is COc1ccc(NC(=O)C(C)N)nc1.Cl. The molecule has 1 aromatic rings. The fourth-order valence-electron chi connectivity index (χ4n) is 0.815. The van der Waals surface area contributed by atoms with E-state index in [0.29, 0.717) is 11.6 Å². The lowest BCUT2D eigenvalue weighted by atomic mass is 10.3. The van der Waals surface area contributed by atoms with Crippen molar-refractivity contribution in [2.45, 2.75) is 13.0 Å². The van der Waals surface area contributed by atoms with E-state index in [1.165, 1.54) is 6.20 Å². The van der Waals surface area contributed by atoms with Gasteiger partial charge < -0.3 is 15.8 Å². The highest BCUT2D eigenvalue weighted by Crippen LogP contribution is 2.10. The Kier molecular flexibility index (Phi) is 5.66. The number of hydrogen-bond acceptors (Lipinski definition) is 4. The summed E-state index contributed by atoms with van der Waals surface area (Å²) >= 11 is 0. The summed E-state index contributed by atoms with van der Waals surface area (Å²) < 4.78 is 4.92. The lowest BCUT2D eigenvalue weighted by Crippen LogP contribution is -2.32. The van der Waals surface area contributed by atoms with Crippen LogP contribution in [-0.4, -0.2) is 24.0 Å². The predicted octanol–water partition coefficient (Wildman–Crippen LogP) is 0.798. The molecule has 15 heavy (non-hydrogen) atoms. The van der Waals surface area contributed by atoms with Gasteiger partial charge in [0.15, 0.2) is 0 Å². The smallest absolute Gasteiger partial charge is 0.242 e. The van der Waals surface area contributed by atoms with Gasteiger partial charge in [-0.3, -0.25) is 4.79 Å². The van der Waals surface area contributed by atoms with E-state index in [1.54, 1.807) is 26.2 Å². The summed E-state index contributed by atoms with van der Waals surface area (Å²) in [6, 6.07) is 2.82. The lowest BCUT2D eigenvalue weighted by molar-refractivity contribution is -0.117. The average Bonchev–Trinajstić information content (AvgIpc) is 2.19. The summed E-state index contributed by atoms with van der Waals surface area (Å²) in [4.78, 5) is 15.1. The van der Waals surface area contributed by atoms with Crippen molar-refractivity contribution in [3.05, 3.63) is 18.3 Å². The van der Waals surface area contributed by atoms with E-state index in [4.69, 9.17) is 10.5 Å². The number of ether oxygens (including phenoxy) is 1. The van der Waals surface area contributed by atoms with E-state index >= 15 is 0 Å². The number of carbonyl (C=O) groups is 1. The number of nitrogens with two attached hydrogens (primary N) is 1. The number of rotatable bonds is 3. The third-order valence-corrected chi connectivity index (χ3v) is 1.64. The van der Waals surface area contributed by atoms with Gasteiger partial charge in [-0.15, -0.1) is 12.4 Å². The fraction of sp³-hybridized carbons (Fsp3) is 0.333. The molecule has 0 aliphatic carbocycles. The number of aromatic nitrogens is 1. The molecule has 0 aromatic carbocycles. The third-order valence-electron chi connectivity index (χ3n) is 1.64. The molecule has 1 atom stereocenters. The van der Waals surface area contributed by atoms with E-state index < -0.39 is 6.04 Å². The van der Waals surface area contributed by atoms with Crippen molar-refractivity contribution in [2.24, 2.45) is 5.73 Å². The second kappa shape index (κ2) is 6.21. The molecule has 0 bridgehead atoms. The number of amides is 1. The van der Waals surface area contributed by atoms with Crippen molar-refractivity contribution in [2.75, 3.05) is 12.4 Å². The number of methoxy groups -OCH3 is 1. The third kappa shape index (κ3) is 4.14. The summed E-state index contributed by atoms with van der Waals surface area (Å²) in [5.74, 6) is 0.847. The maximum atomic E-state index is 11.2. The zero-order chi connectivity index (χ0) is 10.6. The van der Waals surface area contributed by atoms with Crippen molar-refractivity contribution in [3.63, 3.8) is 0 Å². The first-order valence-corrected chi connectivity index (χ1v) is 4.20. The quantitative estimate of drug-likeness (QED) is 0.807. The normalized spacial score (nSPS) is 11.1. The Bertz CT molecular complexity index is 314. The Morgan fingerprint density at radius 1 is 1.60 bits per heavy atom. The lowest BCUT2D eigenvalue weighted by Gasteiger charge is -2.06. The van der Waals surface area contributed by atoms with Crippen LogP contribution in [0.25, 0.3) is 0 Å². The largest absolute Gasteiger partial charge is 0.495 e. The topological polar surface area (TPSA) is 77.2 Å². The highest BCUT2D eigenvalue weighted by atomic mass is 35.5. The molecule has 84 valence electrons. The maximum Gasteiger partial charge on any atom is 0.242 e. The molecule has 1 unspecified atom stereocenters. The number of carbonyl (C=O) groups excluding carboxylic acids is 1. The predicted molar refractivity (Wildman–Crippen MR) is 60.3 cm³/mol. The summed E-state index contributed by atoms with van der Waals surface area (Å²) in [5, 5.41) is 2.56. The summed E-state index contributed by atoms with van der Waals surface area (Å²) in [5.41, 5.74) is 5.38. The fourth-order valence-corrected chi connectivity index (χ4v) is 0.815. The van der Waals surface area contributed by atoms with Gasteiger partial charge >= 0.3 is 0 Å². The Labute approximate surface area is 94.4 Å². The number of pyridine rings is 1. The molecule has 0 radical (unpaired) electrons. The number of nitrogens with zero attached hydrogens (tertiary/aromatic N) is 1. The zero-order valence-electron chi connectivity index (χ0n) is 8.56. The summed E-state index contributed by atoms with van der Waals surface area (Å²) in [6.07, 6.45) is 1.52. The highest BCUT2D eigenvalue weighted by molar-refractivity contribution is 5.93. The zero-order valence-corrected chi connectivity index (χ0v) is 9.38. The van der Waals surface area contributed by atoms with Gasteiger partial charge in [-0.25, -0.2) is 4.98 Å². The molecule has 0 saturated carbocycles. The molecule has 1 aromatic heterocycles. The van der Waals surface area contributed by atoms with Crippen molar-refractivity contribution < 1.29 is 9.53 Å². The molecule has 0 aliphatic heterocycles. The minimum absolute atomic E-state index is 0. The first-order valence-electron chi connectivity index (χ1n) is 4.20. The number of halogens is 1. The van der Waals surface area contributed by atoms with Crippen LogP contribution in [0.3, 0.4) is 0 Å². The molecular formula is C9H14ClN3O2. The van der Waals surface area contributed by atoms with Crippen LogP contribution in [0.5, 0.6) is 5.75 Å². The monoisotopic (exact) mass is 231 g/mol. The van der Waals surface area contributed by atoms with Gasteiger partial charge in [0.05, 0.1) is 19.3 Å². The minimum Gasteiger partial charge on any atom is -0.495 e. The van der Waals surface area contributed by atoms with Crippen LogP contribution in [-0.2, 0) is 4.79 Å². The number of nitrogens with one attached hydrogen (secondary N) is 1. The first-order chi connectivity index (χ1) is 6.63. The Hall–Kier alpha value is -1.33. The second-order valence-electron chi connectivity index (χ2n) is 2.86. The molecule has 5 nitrogen and oxygen atoms in total. The first kappa shape index (κ1) is 13.7. The molecule has 1 rings (SSSR count). The van der Waals surface area contributed by atoms with Crippen LogP contribution < -0.4 is 15.8 Å². The second-order valence-corrected chi connectivity index (χ2v) is 2.86. The summed E-state index contributed by atoms with van der Waals surface area (Å²) in [6.45, 7) is 1.61. The molecule has 3 N–H and O–H groups in total. The number of anilines is 1. The average molecular weight is 232 g/mol. The molecule has 0 spiro atoms.